The average Bonchev–Trinajstić information content (AvgIpc) is 1.78. The Hall–Kier alpha value is -10.9. The molecule has 4 aromatic carbocycles. The first-order chi connectivity index (χ1) is 66.9. The predicted molar refractivity (Wildman–Crippen MR) is 552 cm³/mol. The van der Waals surface area contributed by atoms with Crippen molar-refractivity contribution in [1.29, 1.82) is 0 Å². The van der Waals surface area contributed by atoms with E-state index in [2.05, 4.69) is 171 Å². The molecule has 0 radical (unpaired) electrons. The van der Waals surface area contributed by atoms with E-state index in [9.17, 15) is 0 Å². The van der Waals surface area contributed by atoms with E-state index in [0.717, 1.165) is 390 Å². The van der Waals surface area contributed by atoms with Crippen LogP contribution in [0, 0.1) is 37.5 Å². The number of aryl methyl sites for hydroxylation is 3. The van der Waals surface area contributed by atoms with E-state index < -0.39 is 0 Å². The molecule has 11 aromatic rings. The van der Waals surface area contributed by atoms with Crippen molar-refractivity contribution in [3.05, 3.63) is 150 Å². The van der Waals surface area contributed by atoms with E-state index >= 15 is 0 Å². The number of furan rings is 3. The fourth-order valence-corrected chi connectivity index (χ4v) is 20.2. The Morgan fingerprint density at radius 1 is 0.350 bits per heavy atom. The molecule has 15 heterocycles. The molecular weight excluding hydrogens is 1720 g/mol. The molecule has 8 fully saturated rings. The smallest absolute Gasteiger partial charge is 0.163 e. The van der Waals surface area contributed by atoms with Gasteiger partial charge in [0.2, 0.25) is 0 Å². The van der Waals surface area contributed by atoms with Crippen LogP contribution in [-0.2, 0) is 6.42 Å². The van der Waals surface area contributed by atoms with Gasteiger partial charge in [-0.3, -0.25) is 0 Å². The highest BCUT2D eigenvalue weighted by atomic mass is 16.5. The molecule has 27 nitrogen and oxygen atoms in total. The summed E-state index contributed by atoms with van der Waals surface area (Å²) in [6.45, 7) is 28.6. The summed E-state index contributed by atoms with van der Waals surface area (Å²) in [5.41, 5.74) is 14.1. The van der Waals surface area contributed by atoms with Crippen molar-refractivity contribution in [3.63, 3.8) is 0 Å². The Kier molecular flexibility index (Phi) is 33.7. The van der Waals surface area contributed by atoms with E-state index in [1.165, 1.54) is 24.0 Å². The summed E-state index contributed by atoms with van der Waals surface area (Å²) in [5.74, 6) is 13.5. The lowest BCUT2D eigenvalue weighted by atomic mass is 9.97. The van der Waals surface area contributed by atoms with Crippen molar-refractivity contribution in [1.82, 2.24) is 60.8 Å². The molecule has 0 atom stereocenters. The van der Waals surface area contributed by atoms with Crippen LogP contribution in [0.4, 0.5) is 22.7 Å². The fourth-order valence-electron chi connectivity index (χ4n) is 20.2. The van der Waals surface area contributed by atoms with E-state index in [-0.39, 0.29) is 6.10 Å². The Labute approximate surface area is 809 Å². The van der Waals surface area contributed by atoms with Gasteiger partial charge in [-0.1, -0.05) is 24.6 Å². The Balaban J connectivity index is 0.000000127. The van der Waals surface area contributed by atoms with Gasteiger partial charge < -0.3 is 113 Å². The van der Waals surface area contributed by atoms with Gasteiger partial charge in [-0.2, -0.15) is 0 Å². The van der Waals surface area contributed by atoms with Crippen LogP contribution in [0.3, 0.4) is 0 Å². The molecule has 0 unspecified atom stereocenters. The van der Waals surface area contributed by atoms with E-state index in [4.69, 9.17) is 71.1 Å². The monoisotopic (exact) mass is 1870 g/mol. The number of hydrogen-bond donors (Lipinski definition) is 8. The van der Waals surface area contributed by atoms with Crippen molar-refractivity contribution in [2.75, 3.05) is 209 Å². The van der Waals surface area contributed by atoms with Gasteiger partial charge >= 0.3 is 0 Å². The summed E-state index contributed by atoms with van der Waals surface area (Å²) >= 11 is 0. The number of piperidine rings is 8. The van der Waals surface area contributed by atoms with Crippen molar-refractivity contribution in [2.24, 2.45) is 23.7 Å². The lowest BCUT2D eigenvalue weighted by Crippen LogP contribution is -2.36. The summed E-state index contributed by atoms with van der Waals surface area (Å²) in [5, 5.41) is 33.1. The lowest BCUT2D eigenvalue weighted by Gasteiger charge is -2.30. The van der Waals surface area contributed by atoms with Gasteiger partial charge in [-0.25, -0.2) is 19.9 Å². The lowest BCUT2D eigenvalue weighted by molar-refractivity contribution is 0.157. The number of methoxy groups -OCH3 is 4. The maximum absolute atomic E-state index is 6.38. The largest absolute Gasteiger partial charge is 0.493 e. The second-order valence-corrected chi connectivity index (χ2v) is 39.5. The molecule has 9 aliphatic rings. The van der Waals surface area contributed by atoms with Gasteiger partial charge in [-0.15, -0.1) is 0 Å². The zero-order chi connectivity index (χ0) is 94.7. The number of pyridine rings is 4. The highest BCUT2D eigenvalue weighted by Crippen LogP contribution is 2.45. The van der Waals surface area contributed by atoms with Gasteiger partial charge in [0.05, 0.1) is 76.0 Å². The minimum absolute atomic E-state index is 0.185. The topological polar surface area (TPSA) is 274 Å². The molecule has 0 saturated carbocycles. The van der Waals surface area contributed by atoms with Crippen LogP contribution in [0.15, 0.2) is 140 Å². The minimum atomic E-state index is 0.185. The minimum Gasteiger partial charge on any atom is -0.493 e. The van der Waals surface area contributed by atoms with E-state index in [1.807, 2.05) is 68.4 Å². The molecular formula is C110H148N16O11. The molecule has 0 bridgehead atoms. The molecule has 8 N–H and O–H groups in total. The number of anilines is 4. The first kappa shape index (κ1) is 97.8. The van der Waals surface area contributed by atoms with Crippen LogP contribution in [-0.4, -0.2) is 251 Å². The second kappa shape index (κ2) is 47.2. The summed E-state index contributed by atoms with van der Waals surface area (Å²) < 4.78 is 66.2. The van der Waals surface area contributed by atoms with Gasteiger partial charge in [-0.05, 0) is 377 Å². The van der Waals surface area contributed by atoms with Crippen molar-refractivity contribution >= 4 is 71.9 Å². The number of aromatic nitrogens is 4. The molecule has 27 heteroatoms. The molecule has 137 heavy (non-hydrogen) atoms. The van der Waals surface area contributed by atoms with Crippen molar-refractivity contribution in [2.45, 2.75) is 167 Å². The summed E-state index contributed by atoms with van der Waals surface area (Å²) in [6.07, 6.45) is 24.5. The quantitative estimate of drug-likeness (QED) is 0.0216. The SMILES string of the molecule is CCc1ccc(-c2cc(NC3CCN(C)CC3)c3cc(OC)c(OCC4CCNCC4)cc3n2)o1.COc1cc2c(NC3CCN(C)CC3)cc(-c3ccc(C)o3)nc2cc1OC1CCNCC1.COc1cc2c(NC3CCN(C)CC3)cc(C3=CC=C(C)C3)nc2cc1OCC1CCNCC1.COc1cc2c(NCC3CCN(C)CC3)cc(-c3ccc(C)o3)nc2cc1OCC1CCNCC1. The molecule has 8 aliphatic heterocycles. The first-order valence-electron chi connectivity index (χ1n) is 50.8. The van der Waals surface area contributed by atoms with E-state index in [0.29, 0.717) is 55.0 Å². The zero-order valence-corrected chi connectivity index (χ0v) is 83.1. The molecule has 20 rings (SSSR count). The molecule has 734 valence electrons. The molecule has 8 saturated heterocycles. The third kappa shape index (κ3) is 25.8. The number of likely N-dealkylation sites (tertiary alicyclic amines) is 4. The normalized spacial score (nSPS) is 18.8. The fraction of sp³-hybridized carbons (Fsp3) is 0.527. The first-order valence-corrected chi connectivity index (χ1v) is 50.8. The number of hydrogen-bond acceptors (Lipinski definition) is 27. The molecule has 0 spiro atoms. The predicted octanol–water partition coefficient (Wildman–Crippen LogP) is 19.2. The third-order valence-electron chi connectivity index (χ3n) is 29.0. The van der Waals surface area contributed by atoms with Crippen molar-refractivity contribution in [3.8, 4) is 80.4 Å². The third-order valence-corrected chi connectivity index (χ3v) is 29.0. The van der Waals surface area contributed by atoms with Gasteiger partial charge in [0.25, 0.3) is 0 Å². The van der Waals surface area contributed by atoms with Gasteiger partial charge in [0, 0.05) is 99.7 Å². The molecule has 7 aromatic heterocycles. The van der Waals surface area contributed by atoms with Gasteiger partial charge in [0.15, 0.2) is 63.3 Å². The highest BCUT2D eigenvalue weighted by Gasteiger charge is 2.30. The Bertz CT molecular complexity index is 5850. The number of fused-ring (bicyclic) bond motifs is 4. The number of rotatable bonds is 29. The van der Waals surface area contributed by atoms with Crippen LogP contribution in [0.5, 0.6) is 46.0 Å². The van der Waals surface area contributed by atoms with E-state index in [1.54, 1.807) is 28.4 Å². The standard InChI is InChI=1S/2C28H38N4O3.C28H38N4O2.C26H34N4O3/c1-19-4-5-26(35-19)25-15-23(30-17-20-8-12-32(2)13-9-20)22-14-27(33-3)28(16-24(22)31-25)34-18-21-6-10-29-11-7-21;1-4-21-5-6-26(35-21)25-16-23(30-20-9-13-32(2)14-10-20)22-15-27(33-3)28(17-24(22)31-25)34-18-19-7-11-29-12-8-19;1-19-4-5-21(14-19)24-16-25(30-22-8-12-32(2)13-9-22)23-15-27(33-3)28(17-26(23)31-24)34-18-20-6-10-29-11-7-20;1-17-4-5-24(32-17)23-15-21(28-18-8-12-30(2)13-9-18)20-14-25(31-3)26(16-22(20)29-23)33-19-6-10-27-11-7-19/h4-5,14-16,20-21,29H,6-13,17-18H2,1-3H3,(H,30,31);5-6,15-17,19-20,29H,4,7-14,18H2,1-3H3,(H,30,31);4-5,15-17,20,22,29H,6-14,18H2,1-3H3,(H,30,31);4-5,14-16,18-19,27H,6-13H2,1-3H3,(H,28,29). The average molecular weight is 1870 g/mol. The number of benzene rings is 4. The van der Waals surface area contributed by atoms with Gasteiger partial charge in [0.1, 0.15) is 40.5 Å². The Morgan fingerprint density at radius 3 is 1.04 bits per heavy atom. The molecule has 0 amide bonds. The van der Waals surface area contributed by atoms with Crippen LogP contribution in [0.25, 0.3) is 83.5 Å². The van der Waals surface area contributed by atoms with Crippen LogP contribution < -0.4 is 80.4 Å². The number of nitrogens with zero attached hydrogens (tertiary/aromatic N) is 8. The number of nitrogens with one attached hydrogen (secondary N) is 8. The summed E-state index contributed by atoms with van der Waals surface area (Å²) in [4.78, 5) is 29.6. The van der Waals surface area contributed by atoms with Crippen LogP contribution in [0.2, 0.25) is 0 Å². The highest BCUT2D eigenvalue weighted by molar-refractivity contribution is 5.99. The maximum atomic E-state index is 6.38. The van der Waals surface area contributed by atoms with Crippen LogP contribution in [0.1, 0.15) is 146 Å². The Morgan fingerprint density at radius 2 is 0.686 bits per heavy atom. The summed E-state index contributed by atoms with van der Waals surface area (Å²) in [7, 11) is 15.6. The number of ether oxygens (including phenoxy) is 8. The van der Waals surface area contributed by atoms with Crippen LogP contribution >= 0.6 is 0 Å². The molecule has 1 aliphatic carbocycles. The summed E-state index contributed by atoms with van der Waals surface area (Å²) in [6, 6.07) is 38.3. The second-order valence-electron chi connectivity index (χ2n) is 39.5. The zero-order valence-electron chi connectivity index (χ0n) is 83.1. The number of allylic oxidation sites excluding steroid dienone is 4. The van der Waals surface area contributed by atoms with Crippen molar-refractivity contribution < 1.29 is 51.1 Å². The maximum Gasteiger partial charge on any atom is 0.163 e.